The quantitative estimate of drug-likeness (QED) is 0.942. The Balaban J connectivity index is 2.24. The Morgan fingerprint density at radius 3 is 2.45 bits per heavy atom. The lowest BCUT2D eigenvalue weighted by molar-refractivity contribution is 0.554. The topological polar surface area (TPSA) is 46.2 Å². The average molecular weight is 318 g/mol. The van der Waals surface area contributed by atoms with Crippen molar-refractivity contribution >= 4 is 21.6 Å². The first kappa shape index (κ1) is 14.9. The van der Waals surface area contributed by atoms with Crippen molar-refractivity contribution < 1.29 is 17.2 Å². The first-order chi connectivity index (χ1) is 9.40. The maximum absolute atomic E-state index is 13.5. The Morgan fingerprint density at radius 1 is 1.05 bits per heavy atom. The van der Waals surface area contributed by atoms with E-state index in [-0.39, 0.29) is 17.1 Å². The van der Waals surface area contributed by atoms with Crippen molar-refractivity contribution in [3.63, 3.8) is 0 Å². The summed E-state index contributed by atoms with van der Waals surface area (Å²) in [5.41, 5.74) is 0.165. The van der Waals surface area contributed by atoms with Gasteiger partial charge in [-0.2, -0.15) is 0 Å². The van der Waals surface area contributed by atoms with Crippen LogP contribution in [-0.4, -0.2) is 8.42 Å². The molecule has 20 heavy (non-hydrogen) atoms. The third-order valence-corrected chi connectivity index (χ3v) is 4.24. The number of hydrogen-bond donors (Lipinski definition) is 1. The van der Waals surface area contributed by atoms with Gasteiger partial charge in [0.05, 0.1) is 0 Å². The predicted octanol–water partition coefficient (Wildman–Crippen LogP) is 3.10. The van der Waals surface area contributed by atoms with Gasteiger partial charge in [0.15, 0.2) is 0 Å². The van der Waals surface area contributed by atoms with Gasteiger partial charge in [-0.1, -0.05) is 29.8 Å². The van der Waals surface area contributed by atoms with E-state index < -0.39 is 26.6 Å². The fourth-order valence-corrected chi connectivity index (χ4v) is 2.92. The van der Waals surface area contributed by atoms with Crippen molar-refractivity contribution in [3.05, 3.63) is 64.7 Å². The highest BCUT2D eigenvalue weighted by Crippen LogP contribution is 2.19. The van der Waals surface area contributed by atoms with Crippen LogP contribution in [-0.2, 0) is 16.6 Å². The second-order valence-electron chi connectivity index (χ2n) is 3.99. The lowest BCUT2D eigenvalue weighted by Gasteiger charge is -2.08. The molecule has 0 aliphatic carbocycles. The van der Waals surface area contributed by atoms with E-state index in [0.29, 0.717) is 0 Å². The van der Waals surface area contributed by atoms with Crippen LogP contribution in [0.4, 0.5) is 8.78 Å². The van der Waals surface area contributed by atoms with Gasteiger partial charge in [-0.05, 0) is 24.3 Å². The lowest BCUT2D eigenvalue weighted by Crippen LogP contribution is -2.24. The lowest BCUT2D eigenvalue weighted by atomic mass is 10.2. The van der Waals surface area contributed by atoms with Crippen LogP contribution in [0.25, 0.3) is 0 Å². The van der Waals surface area contributed by atoms with E-state index in [2.05, 4.69) is 4.72 Å². The van der Waals surface area contributed by atoms with Crippen molar-refractivity contribution in [2.24, 2.45) is 0 Å². The highest BCUT2D eigenvalue weighted by molar-refractivity contribution is 7.89. The van der Waals surface area contributed by atoms with E-state index in [1.165, 1.54) is 24.3 Å². The third-order valence-electron chi connectivity index (χ3n) is 2.59. The van der Waals surface area contributed by atoms with Crippen LogP contribution in [0.5, 0.6) is 0 Å². The van der Waals surface area contributed by atoms with Gasteiger partial charge >= 0.3 is 0 Å². The summed E-state index contributed by atoms with van der Waals surface area (Å²) in [7, 11) is -4.10. The average Bonchev–Trinajstić information content (AvgIpc) is 2.40. The molecule has 0 bridgehead atoms. The molecule has 0 heterocycles. The number of nitrogens with one attached hydrogen (secondary N) is 1. The van der Waals surface area contributed by atoms with Crippen LogP contribution < -0.4 is 4.72 Å². The van der Waals surface area contributed by atoms with Crippen molar-refractivity contribution in [3.8, 4) is 0 Å². The Hall–Kier alpha value is -1.50. The summed E-state index contributed by atoms with van der Waals surface area (Å²) in [6, 6.07) is 8.92. The minimum Gasteiger partial charge on any atom is -0.207 e. The fraction of sp³-hybridized carbons (Fsp3) is 0.0769. The minimum atomic E-state index is -4.10. The zero-order valence-corrected chi connectivity index (χ0v) is 11.7. The van der Waals surface area contributed by atoms with E-state index in [1.807, 2.05) is 0 Å². The molecule has 106 valence electrons. The highest BCUT2D eigenvalue weighted by atomic mass is 35.5. The molecule has 3 nitrogen and oxygen atoms in total. The van der Waals surface area contributed by atoms with Crippen LogP contribution in [0.2, 0.25) is 5.02 Å². The molecule has 0 fully saturated rings. The molecule has 2 aromatic carbocycles. The minimum absolute atomic E-state index is 0.0951. The zero-order valence-electron chi connectivity index (χ0n) is 10.1. The molecule has 0 saturated carbocycles. The fourth-order valence-electron chi connectivity index (χ4n) is 1.58. The molecule has 1 N–H and O–H groups in total. The molecule has 0 saturated heterocycles. The number of sulfonamides is 1. The molecule has 0 amide bonds. The molecule has 0 radical (unpaired) electrons. The van der Waals surface area contributed by atoms with E-state index in [1.54, 1.807) is 6.07 Å². The summed E-state index contributed by atoms with van der Waals surface area (Å²) < 4.78 is 52.9. The monoisotopic (exact) mass is 317 g/mol. The summed E-state index contributed by atoms with van der Waals surface area (Å²) >= 11 is 5.65. The van der Waals surface area contributed by atoms with E-state index in [9.17, 15) is 17.2 Å². The first-order valence-electron chi connectivity index (χ1n) is 5.58. The van der Waals surface area contributed by atoms with Crippen LogP contribution in [0.3, 0.4) is 0 Å². The molecular weight excluding hydrogens is 308 g/mol. The SMILES string of the molecule is O=S(=O)(NCc1ccccc1F)c1cc(Cl)ccc1F. The van der Waals surface area contributed by atoms with Crippen molar-refractivity contribution in [2.45, 2.75) is 11.4 Å². The second kappa shape index (κ2) is 5.87. The molecule has 0 atom stereocenters. The normalized spacial score (nSPS) is 11.6. The summed E-state index contributed by atoms with van der Waals surface area (Å²) in [4.78, 5) is -0.568. The summed E-state index contributed by atoms with van der Waals surface area (Å²) in [6.07, 6.45) is 0. The van der Waals surface area contributed by atoms with Crippen LogP contribution >= 0.6 is 11.6 Å². The van der Waals surface area contributed by atoms with Gasteiger partial charge in [0.25, 0.3) is 0 Å². The van der Waals surface area contributed by atoms with Crippen LogP contribution in [0.1, 0.15) is 5.56 Å². The predicted molar refractivity (Wildman–Crippen MR) is 71.8 cm³/mol. The van der Waals surface area contributed by atoms with E-state index in [4.69, 9.17) is 11.6 Å². The van der Waals surface area contributed by atoms with Gasteiger partial charge in [-0.3, -0.25) is 0 Å². The number of hydrogen-bond acceptors (Lipinski definition) is 2. The van der Waals surface area contributed by atoms with Crippen molar-refractivity contribution in [1.29, 1.82) is 0 Å². The smallest absolute Gasteiger partial charge is 0.207 e. The van der Waals surface area contributed by atoms with Crippen LogP contribution in [0, 0.1) is 11.6 Å². The van der Waals surface area contributed by atoms with Gasteiger partial charge < -0.3 is 0 Å². The zero-order chi connectivity index (χ0) is 14.8. The maximum atomic E-state index is 13.5. The van der Waals surface area contributed by atoms with Gasteiger partial charge in [-0.25, -0.2) is 21.9 Å². The molecule has 0 unspecified atom stereocenters. The van der Waals surface area contributed by atoms with Crippen molar-refractivity contribution in [1.82, 2.24) is 4.72 Å². The molecular formula is C13H10ClF2NO2S. The van der Waals surface area contributed by atoms with E-state index >= 15 is 0 Å². The summed E-state index contributed by atoms with van der Waals surface area (Å²) in [6.45, 7) is -0.277. The molecule has 2 rings (SSSR count). The van der Waals surface area contributed by atoms with Gasteiger partial charge in [0, 0.05) is 17.1 Å². The maximum Gasteiger partial charge on any atom is 0.243 e. The Kier molecular flexibility index (Phi) is 4.37. The van der Waals surface area contributed by atoms with Gasteiger partial charge in [0.1, 0.15) is 16.5 Å². The van der Waals surface area contributed by atoms with Crippen LogP contribution in [0.15, 0.2) is 47.4 Å². The molecule has 7 heteroatoms. The molecule has 0 aliphatic rings. The van der Waals surface area contributed by atoms with E-state index in [0.717, 1.165) is 12.1 Å². The largest absolute Gasteiger partial charge is 0.243 e. The molecule has 2 aromatic rings. The number of benzene rings is 2. The molecule has 0 aromatic heterocycles. The number of rotatable bonds is 4. The standard InChI is InChI=1S/C13H10ClF2NO2S/c14-10-5-6-12(16)13(7-10)20(18,19)17-8-9-3-1-2-4-11(9)15/h1-7,17H,8H2. The number of halogens is 3. The second-order valence-corrected chi connectivity index (χ2v) is 6.16. The Bertz CT molecular complexity index is 735. The highest BCUT2D eigenvalue weighted by Gasteiger charge is 2.19. The molecule has 0 aliphatic heterocycles. The first-order valence-corrected chi connectivity index (χ1v) is 7.44. The van der Waals surface area contributed by atoms with Gasteiger partial charge in [-0.15, -0.1) is 0 Å². The van der Waals surface area contributed by atoms with Gasteiger partial charge in [0.2, 0.25) is 10.0 Å². The summed E-state index contributed by atoms with van der Waals surface area (Å²) in [5.74, 6) is -1.46. The Labute approximate surface area is 120 Å². The Morgan fingerprint density at radius 2 is 1.75 bits per heavy atom. The third kappa shape index (κ3) is 3.33. The summed E-state index contributed by atoms with van der Waals surface area (Å²) in [5, 5.41) is 0.0951. The molecule has 0 spiro atoms. The van der Waals surface area contributed by atoms with Crippen molar-refractivity contribution in [2.75, 3.05) is 0 Å².